The van der Waals surface area contributed by atoms with Gasteiger partial charge in [0, 0.05) is 16.3 Å². The highest BCUT2D eigenvalue weighted by atomic mass is 35.5. The monoisotopic (exact) mass is 406 g/mol. The van der Waals surface area contributed by atoms with Crippen LogP contribution >= 0.6 is 11.6 Å². The van der Waals surface area contributed by atoms with E-state index in [-0.39, 0.29) is 18.3 Å². The van der Waals surface area contributed by atoms with E-state index in [0.29, 0.717) is 27.6 Å². The van der Waals surface area contributed by atoms with E-state index >= 15 is 0 Å². The first-order valence-corrected chi connectivity index (χ1v) is 9.08. The topological polar surface area (TPSA) is 62.1 Å². The first-order chi connectivity index (χ1) is 14.0. The van der Waals surface area contributed by atoms with Gasteiger partial charge in [-0.1, -0.05) is 41.9 Å². The molecule has 1 N–H and O–H groups in total. The summed E-state index contributed by atoms with van der Waals surface area (Å²) in [5.41, 5.74) is 2.30. The second kappa shape index (κ2) is 9.54. The molecule has 3 aromatic rings. The molecule has 0 bridgehead atoms. The van der Waals surface area contributed by atoms with Crippen molar-refractivity contribution in [3.05, 3.63) is 94.8 Å². The van der Waals surface area contributed by atoms with Gasteiger partial charge in [-0.05, 0) is 54.1 Å². The molecule has 0 aromatic heterocycles. The van der Waals surface area contributed by atoms with E-state index in [9.17, 15) is 14.4 Å². The van der Waals surface area contributed by atoms with E-state index in [1.807, 2.05) is 6.07 Å². The maximum atomic E-state index is 12.9. The number of nitrogens with zero attached hydrogens (tertiary/aromatic N) is 1. The predicted molar refractivity (Wildman–Crippen MR) is 112 cm³/mol. The maximum absolute atomic E-state index is 12.9. The fourth-order valence-corrected chi connectivity index (χ4v) is 2.70. The van der Waals surface area contributed by atoms with Gasteiger partial charge in [0.15, 0.2) is 6.61 Å². The summed E-state index contributed by atoms with van der Waals surface area (Å²) in [5.74, 6) is -0.300. The zero-order valence-corrected chi connectivity index (χ0v) is 16.0. The lowest BCUT2D eigenvalue weighted by atomic mass is 10.0. The summed E-state index contributed by atoms with van der Waals surface area (Å²) in [5, 5.41) is 12.7. The summed E-state index contributed by atoms with van der Waals surface area (Å²) >= 11 is 5.90. The number of hydrogen-bond donors (Lipinski definition) is 1. The molecule has 0 spiro atoms. The summed E-state index contributed by atoms with van der Waals surface area (Å²) in [7, 11) is 0. The van der Waals surface area contributed by atoms with Crippen LogP contribution in [0, 0.1) is 17.1 Å². The van der Waals surface area contributed by atoms with Crippen LogP contribution in [-0.4, -0.2) is 12.5 Å². The zero-order valence-electron chi connectivity index (χ0n) is 15.2. The SMILES string of the molecule is N#C/C(=C\c1ccccc1OCC(=O)Nc1ccc(F)cc1)c1ccc(Cl)cc1. The Labute approximate surface area is 172 Å². The van der Waals surface area contributed by atoms with E-state index in [0.717, 1.165) is 5.56 Å². The van der Waals surface area contributed by atoms with Gasteiger partial charge in [0.05, 0.1) is 11.6 Å². The number of benzene rings is 3. The Morgan fingerprint density at radius 1 is 1.07 bits per heavy atom. The zero-order chi connectivity index (χ0) is 20.6. The molecular formula is C23H16ClFN2O2. The van der Waals surface area contributed by atoms with Crippen LogP contribution in [0.4, 0.5) is 10.1 Å². The molecule has 0 saturated heterocycles. The maximum Gasteiger partial charge on any atom is 0.262 e. The lowest BCUT2D eigenvalue weighted by molar-refractivity contribution is -0.118. The minimum absolute atomic E-state index is 0.231. The van der Waals surface area contributed by atoms with Gasteiger partial charge < -0.3 is 10.1 Å². The van der Waals surface area contributed by atoms with E-state index < -0.39 is 0 Å². The molecule has 0 aliphatic rings. The number of hydrogen-bond acceptors (Lipinski definition) is 3. The number of carbonyl (C=O) groups is 1. The van der Waals surface area contributed by atoms with Crippen molar-refractivity contribution in [2.75, 3.05) is 11.9 Å². The van der Waals surface area contributed by atoms with E-state index in [4.69, 9.17) is 16.3 Å². The highest BCUT2D eigenvalue weighted by Crippen LogP contribution is 2.25. The highest BCUT2D eigenvalue weighted by Gasteiger charge is 2.08. The molecule has 0 radical (unpaired) electrons. The molecule has 0 aliphatic heterocycles. The van der Waals surface area contributed by atoms with E-state index in [1.54, 1.807) is 48.5 Å². The Bertz CT molecular complexity index is 1070. The molecule has 0 aliphatic carbocycles. The van der Waals surface area contributed by atoms with Gasteiger partial charge >= 0.3 is 0 Å². The number of para-hydroxylation sites is 1. The van der Waals surface area contributed by atoms with Crippen molar-refractivity contribution in [2.24, 2.45) is 0 Å². The van der Waals surface area contributed by atoms with Gasteiger partial charge in [-0.25, -0.2) is 4.39 Å². The van der Waals surface area contributed by atoms with Crippen LogP contribution < -0.4 is 10.1 Å². The molecule has 0 heterocycles. The Hall–Kier alpha value is -3.62. The van der Waals surface area contributed by atoms with Crippen molar-refractivity contribution in [1.82, 2.24) is 0 Å². The van der Waals surface area contributed by atoms with Gasteiger partial charge in [-0.15, -0.1) is 0 Å². The van der Waals surface area contributed by atoms with Crippen molar-refractivity contribution < 1.29 is 13.9 Å². The third kappa shape index (κ3) is 5.68. The van der Waals surface area contributed by atoms with E-state index in [1.165, 1.54) is 24.3 Å². The molecule has 0 atom stereocenters. The molecule has 144 valence electrons. The van der Waals surface area contributed by atoms with Gasteiger partial charge in [-0.2, -0.15) is 5.26 Å². The number of anilines is 1. The number of allylic oxidation sites excluding steroid dienone is 1. The van der Waals surface area contributed by atoms with Gasteiger partial charge in [-0.3, -0.25) is 4.79 Å². The fourth-order valence-electron chi connectivity index (χ4n) is 2.57. The molecule has 3 aromatic carbocycles. The molecule has 0 unspecified atom stereocenters. The van der Waals surface area contributed by atoms with Crippen molar-refractivity contribution >= 4 is 34.8 Å². The molecule has 0 saturated carbocycles. The van der Waals surface area contributed by atoms with Crippen molar-refractivity contribution in [1.29, 1.82) is 5.26 Å². The number of amides is 1. The van der Waals surface area contributed by atoms with E-state index in [2.05, 4.69) is 11.4 Å². The van der Waals surface area contributed by atoms with Crippen LogP contribution in [0.5, 0.6) is 5.75 Å². The normalized spacial score (nSPS) is 10.9. The second-order valence-electron chi connectivity index (χ2n) is 6.06. The van der Waals surface area contributed by atoms with Crippen molar-refractivity contribution in [3.63, 3.8) is 0 Å². The summed E-state index contributed by atoms with van der Waals surface area (Å²) in [6.45, 7) is -0.231. The lowest BCUT2D eigenvalue weighted by Crippen LogP contribution is -2.20. The summed E-state index contributed by atoms with van der Waals surface area (Å²) < 4.78 is 18.6. The van der Waals surface area contributed by atoms with Crippen LogP contribution in [0.25, 0.3) is 11.6 Å². The Kier molecular flexibility index (Phi) is 6.62. The minimum Gasteiger partial charge on any atom is -0.483 e. The van der Waals surface area contributed by atoms with Gasteiger partial charge in [0.25, 0.3) is 5.91 Å². The highest BCUT2D eigenvalue weighted by molar-refractivity contribution is 6.30. The number of nitriles is 1. The average Bonchev–Trinajstić information content (AvgIpc) is 2.73. The number of nitrogens with one attached hydrogen (secondary N) is 1. The number of rotatable bonds is 6. The first-order valence-electron chi connectivity index (χ1n) is 8.70. The molecule has 4 nitrogen and oxygen atoms in total. The summed E-state index contributed by atoms with van der Waals surface area (Å²) in [4.78, 5) is 12.1. The van der Waals surface area contributed by atoms with Gasteiger partial charge in [0.1, 0.15) is 11.6 Å². The molecule has 29 heavy (non-hydrogen) atoms. The van der Waals surface area contributed by atoms with Gasteiger partial charge in [0.2, 0.25) is 0 Å². The minimum atomic E-state index is -0.381. The Balaban J connectivity index is 1.73. The third-order valence-corrected chi connectivity index (χ3v) is 4.23. The first kappa shape index (κ1) is 20.1. The molecule has 6 heteroatoms. The number of carbonyl (C=O) groups excluding carboxylic acids is 1. The molecule has 0 fully saturated rings. The van der Waals surface area contributed by atoms with Crippen molar-refractivity contribution in [3.8, 4) is 11.8 Å². The largest absolute Gasteiger partial charge is 0.483 e. The second-order valence-corrected chi connectivity index (χ2v) is 6.49. The smallest absolute Gasteiger partial charge is 0.262 e. The number of ether oxygens (including phenoxy) is 1. The average molecular weight is 407 g/mol. The summed E-state index contributed by atoms with van der Waals surface area (Å²) in [6, 6.07) is 21.7. The van der Waals surface area contributed by atoms with Crippen LogP contribution in [0.3, 0.4) is 0 Å². The lowest BCUT2D eigenvalue weighted by Gasteiger charge is -2.10. The van der Waals surface area contributed by atoms with Crippen LogP contribution in [0.15, 0.2) is 72.8 Å². The number of halogens is 2. The van der Waals surface area contributed by atoms with Crippen LogP contribution in [0.2, 0.25) is 5.02 Å². The Morgan fingerprint density at radius 3 is 2.45 bits per heavy atom. The third-order valence-electron chi connectivity index (χ3n) is 3.98. The molecule has 3 rings (SSSR count). The van der Waals surface area contributed by atoms with Crippen LogP contribution in [0.1, 0.15) is 11.1 Å². The van der Waals surface area contributed by atoms with Crippen molar-refractivity contribution in [2.45, 2.75) is 0 Å². The molecular weight excluding hydrogens is 391 g/mol. The Morgan fingerprint density at radius 2 is 1.76 bits per heavy atom. The predicted octanol–water partition coefficient (Wildman–Crippen LogP) is 5.56. The molecule has 1 amide bonds. The fraction of sp³-hybridized carbons (Fsp3) is 0.0435. The van der Waals surface area contributed by atoms with Crippen LogP contribution in [-0.2, 0) is 4.79 Å². The summed E-state index contributed by atoms with van der Waals surface area (Å²) in [6.07, 6.45) is 1.69. The quantitative estimate of drug-likeness (QED) is 0.430. The standard InChI is InChI=1S/C23H16ClFN2O2/c24-19-7-5-16(6-8-19)18(14-26)13-17-3-1-2-4-22(17)29-15-23(28)27-21-11-9-20(25)10-12-21/h1-13H,15H2,(H,27,28)/b18-13+.